The summed E-state index contributed by atoms with van der Waals surface area (Å²) in [4.78, 5) is 20.1. The lowest BCUT2D eigenvalue weighted by Crippen LogP contribution is -2.31. The van der Waals surface area contributed by atoms with Crippen molar-refractivity contribution < 1.29 is 14.7 Å². The van der Waals surface area contributed by atoms with Crippen LogP contribution in [0.3, 0.4) is 0 Å². The van der Waals surface area contributed by atoms with Gasteiger partial charge in [0.25, 0.3) is 0 Å². The summed E-state index contributed by atoms with van der Waals surface area (Å²) < 4.78 is 0. The summed E-state index contributed by atoms with van der Waals surface area (Å²) in [7, 11) is 0. The van der Waals surface area contributed by atoms with Crippen molar-refractivity contribution >= 4 is 11.9 Å². The molecule has 0 saturated carbocycles. The fourth-order valence-electron chi connectivity index (χ4n) is 0.421. The summed E-state index contributed by atoms with van der Waals surface area (Å²) in [5.74, 6) is -1.64. The maximum Gasteiger partial charge on any atom is 0.320 e. The molecule has 84 valence electrons. The number of amides is 1. The first-order chi connectivity index (χ1) is 6.27. The van der Waals surface area contributed by atoms with E-state index in [1.54, 1.807) is 0 Å². The maximum atomic E-state index is 10.1. The van der Waals surface area contributed by atoms with Crippen molar-refractivity contribution in [3.05, 3.63) is 0 Å². The second-order valence-electron chi connectivity index (χ2n) is 3.19. The molecule has 0 heterocycles. The zero-order valence-electron chi connectivity index (χ0n) is 8.56. The molecule has 0 spiro atoms. The molecule has 0 aromatic carbocycles. The van der Waals surface area contributed by atoms with Gasteiger partial charge in [-0.15, -0.1) is 0 Å². The Morgan fingerprint density at radius 3 is 1.86 bits per heavy atom. The van der Waals surface area contributed by atoms with Gasteiger partial charge in [0.15, 0.2) is 0 Å². The first-order valence-electron chi connectivity index (χ1n) is 4.29. The molecular weight excluding hydrogens is 186 g/mol. The van der Waals surface area contributed by atoms with Crippen LogP contribution in [-0.4, -0.2) is 29.1 Å². The fourth-order valence-corrected chi connectivity index (χ4v) is 0.421. The minimum atomic E-state index is -1.11. The molecule has 0 aliphatic carbocycles. The Kier molecular flexibility index (Phi) is 9.27. The van der Waals surface area contributed by atoms with Crippen LogP contribution in [0.1, 0.15) is 26.7 Å². The number of primary amides is 1. The second-order valence-corrected chi connectivity index (χ2v) is 3.19. The van der Waals surface area contributed by atoms with Crippen molar-refractivity contribution in [1.29, 1.82) is 0 Å². The van der Waals surface area contributed by atoms with Crippen molar-refractivity contribution in [3.63, 3.8) is 0 Å². The van der Waals surface area contributed by atoms with Crippen LogP contribution in [0.25, 0.3) is 0 Å². The molecule has 7 N–H and O–H groups in total. The summed E-state index contributed by atoms with van der Waals surface area (Å²) in [6.07, 6.45) is 0.123. The number of aliphatic carboxylic acids is 1. The Labute approximate surface area is 83.4 Å². The van der Waals surface area contributed by atoms with Gasteiger partial charge in [-0.25, -0.2) is 0 Å². The Balaban J connectivity index is 0. The Bertz CT molecular complexity index is 180. The Hall–Kier alpha value is -1.14. The van der Waals surface area contributed by atoms with Gasteiger partial charge in [0.2, 0.25) is 5.91 Å². The van der Waals surface area contributed by atoms with Crippen LogP contribution in [0.5, 0.6) is 0 Å². The minimum Gasteiger partial charge on any atom is -0.480 e. The van der Waals surface area contributed by atoms with Gasteiger partial charge in [0, 0.05) is 6.42 Å². The highest BCUT2D eigenvalue weighted by atomic mass is 16.4. The van der Waals surface area contributed by atoms with Crippen molar-refractivity contribution in [2.24, 2.45) is 17.2 Å². The summed E-state index contributed by atoms with van der Waals surface area (Å²) >= 11 is 0. The number of hydrogen-bond acceptors (Lipinski definition) is 4. The van der Waals surface area contributed by atoms with Crippen LogP contribution in [-0.2, 0) is 9.59 Å². The molecule has 0 aromatic rings. The summed E-state index contributed by atoms with van der Waals surface area (Å²) in [6, 6.07) is -0.646. The zero-order chi connectivity index (χ0) is 11.7. The van der Waals surface area contributed by atoms with Gasteiger partial charge in [0.1, 0.15) is 6.04 Å². The number of hydrogen-bond donors (Lipinski definition) is 4. The predicted molar refractivity (Wildman–Crippen MR) is 53.4 cm³/mol. The molecule has 0 bridgehead atoms. The molecule has 0 radical (unpaired) electrons. The van der Waals surface area contributed by atoms with E-state index < -0.39 is 17.9 Å². The molecule has 6 heteroatoms. The third-order valence-corrected chi connectivity index (χ3v) is 1.02. The monoisotopic (exact) mass is 205 g/mol. The summed E-state index contributed by atoms with van der Waals surface area (Å²) in [5, 5.41) is 8.22. The first-order valence-corrected chi connectivity index (χ1v) is 4.29. The minimum absolute atomic E-state index is 0.0213. The van der Waals surface area contributed by atoms with Crippen LogP contribution in [0.4, 0.5) is 0 Å². The van der Waals surface area contributed by atoms with Crippen LogP contribution < -0.4 is 17.2 Å². The SMILES string of the molecule is CC(C)N.NC(=O)CC[C@H](N)C(=O)O. The number of nitrogens with two attached hydrogens (primary N) is 3. The molecule has 6 nitrogen and oxygen atoms in total. The van der Waals surface area contributed by atoms with E-state index in [4.69, 9.17) is 22.3 Å². The summed E-state index contributed by atoms with van der Waals surface area (Å²) in [5.41, 5.74) is 14.9. The fraction of sp³-hybridized carbons (Fsp3) is 0.750. The molecule has 0 rings (SSSR count). The quantitative estimate of drug-likeness (QED) is 0.468. The highest BCUT2D eigenvalue weighted by Crippen LogP contribution is 1.92. The van der Waals surface area contributed by atoms with E-state index in [-0.39, 0.29) is 12.8 Å². The van der Waals surface area contributed by atoms with Crippen molar-refractivity contribution in [2.45, 2.75) is 38.8 Å². The van der Waals surface area contributed by atoms with Crippen molar-refractivity contribution in [3.8, 4) is 0 Å². The third-order valence-electron chi connectivity index (χ3n) is 1.02. The number of carbonyl (C=O) groups excluding carboxylic acids is 1. The van der Waals surface area contributed by atoms with E-state index in [1.165, 1.54) is 0 Å². The van der Waals surface area contributed by atoms with Gasteiger partial charge in [-0.2, -0.15) is 0 Å². The van der Waals surface area contributed by atoms with Crippen LogP contribution in [0, 0.1) is 0 Å². The highest BCUT2D eigenvalue weighted by Gasteiger charge is 2.11. The number of carboxylic acid groups (broad SMARTS) is 1. The van der Waals surface area contributed by atoms with Gasteiger partial charge in [-0.1, -0.05) is 13.8 Å². The molecule has 14 heavy (non-hydrogen) atoms. The lowest BCUT2D eigenvalue weighted by atomic mass is 10.2. The van der Waals surface area contributed by atoms with Gasteiger partial charge in [-0.3, -0.25) is 9.59 Å². The summed E-state index contributed by atoms with van der Waals surface area (Å²) in [6.45, 7) is 3.89. The van der Waals surface area contributed by atoms with Crippen molar-refractivity contribution in [2.75, 3.05) is 0 Å². The Morgan fingerprint density at radius 2 is 1.64 bits per heavy atom. The van der Waals surface area contributed by atoms with E-state index in [0.29, 0.717) is 6.04 Å². The van der Waals surface area contributed by atoms with Crippen LogP contribution in [0.15, 0.2) is 0 Å². The van der Waals surface area contributed by atoms with Crippen LogP contribution in [0.2, 0.25) is 0 Å². The second kappa shape index (κ2) is 8.46. The Morgan fingerprint density at radius 1 is 1.29 bits per heavy atom. The highest BCUT2D eigenvalue weighted by molar-refractivity contribution is 5.76. The zero-order valence-corrected chi connectivity index (χ0v) is 8.56. The van der Waals surface area contributed by atoms with E-state index in [2.05, 4.69) is 0 Å². The molecule has 1 atom stereocenters. The molecule has 0 fully saturated rings. The molecular formula is C8H19N3O3. The van der Waals surface area contributed by atoms with E-state index >= 15 is 0 Å². The molecule has 0 aromatic heterocycles. The largest absolute Gasteiger partial charge is 0.480 e. The predicted octanol–water partition coefficient (Wildman–Crippen LogP) is -0.983. The van der Waals surface area contributed by atoms with E-state index in [1.807, 2.05) is 13.8 Å². The molecule has 0 aliphatic rings. The number of carbonyl (C=O) groups is 2. The lowest BCUT2D eigenvalue weighted by molar-refractivity contribution is -0.138. The first kappa shape index (κ1) is 15.3. The standard InChI is InChI=1S/C5H10N2O3.C3H9N/c6-3(5(9)10)1-2-4(7)8;1-3(2)4/h3H,1-2,6H2,(H2,7,8)(H,9,10);3H,4H2,1-2H3/t3-;/m0./s1. The number of rotatable bonds is 4. The van der Waals surface area contributed by atoms with Gasteiger partial charge in [-0.05, 0) is 12.5 Å². The maximum absolute atomic E-state index is 10.1. The smallest absolute Gasteiger partial charge is 0.320 e. The molecule has 0 unspecified atom stereocenters. The van der Waals surface area contributed by atoms with Crippen molar-refractivity contribution in [1.82, 2.24) is 0 Å². The van der Waals surface area contributed by atoms with E-state index in [9.17, 15) is 9.59 Å². The average molecular weight is 205 g/mol. The van der Waals surface area contributed by atoms with Crippen LogP contribution >= 0.6 is 0 Å². The van der Waals surface area contributed by atoms with Gasteiger partial charge < -0.3 is 22.3 Å². The third kappa shape index (κ3) is 17.1. The van der Waals surface area contributed by atoms with Gasteiger partial charge >= 0.3 is 5.97 Å². The average Bonchev–Trinajstić information content (AvgIpc) is 1.98. The normalized spacial score (nSPS) is 11.5. The molecule has 0 saturated heterocycles. The lowest BCUT2D eigenvalue weighted by Gasteiger charge is -2.01. The van der Waals surface area contributed by atoms with Gasteiger partial charge in [0.05, 0.1) is 0 Å². The van der Waals surface area contributed by atoms with E-state index in [0.717, 1.165) is 0 Å². The topological polar surface area (TPSA) is 132 Å². The molecule has 0 aliphatic heterocycles. The molecule has 1 amide bonds. The number of carboxylic acids is 1.